The van der Waals surface area contributed by atoms with E-state index in [0.717, 1.165) is 37.4 Å². The van der Waals surface area contributed by atoms with Crippen molar-refractivity contribution in [3.8, 4) is 0 Å². The maximum atomic E-state index is 12.3. The minimum atomic E-state index is -0.119. The number of hydrogen-bond acceptors (Lipinski definition) is 4. The van der Waals surface area contributed by atoms with Crippen LogP contribution < -0.4 is 16.0 Å². The third kappa shape index (κ3) is 3.48. The summed E-state index contributed by atoms with van der Waals surface area (Å²) in [5, 5.41) is 3.00. The Bertz CT molecular complexity index is 443. The van der Waals surface area contributed by atoms with Gasteiger partial charge in [-0.1, -0.05) is 13.3 Å². The summed E-state index contributed by atoms with van der Waals surface area (Å²) in [5.41, 5.74) is 6.49. The van der Waals surface area contributed by atoms with E-state index in [4.69, 9.17) is 5.73 Å². The number of hydrogen-bond donors (Lipinski definition) is 2. The molecule has 2 heterocycles. The predicted octanol–water partition coefficient (Wildman–Crippen LogP) is 2.00. The highest BCUT2D eigenvalue weighted by Gasteiger charge is 2.20. The highest BCUT2D eigenvalue weighted by Crippen LogP contribution is 2.26. The molecule has 1 atom stereocenters. The number of rotatable bonds is 6. The summed E-state index contributed by atoms with van der Waals surface area (Å²) in [6.45, 7) is 4.47. The molecule has 1 unspecified atom stereocenters. The normalized spacial score (nSPS) is 16.2. The number of nitrogens with zero attached hydrogens (tertiary/aromatic N) is 2. The van der Waals surface area contributed by atoms with E-state index in [9.17, 15) is 4.79 Å². The number of pyridine rings is 1. The highest BCUT2D eigenvalue weighted by molar-refractivity contribution is 5.95. The second-order valence-electron chi connectivity index (χ2n) is 5.28. The first-order valence-electron chi connectivity index (χ1n) is 7.47. The van der Waals surface area contributed by atoms with Crippen molar-refractivity contribution >= 4 is 17.4 Å². The Morgan fingerprint density at radius 3 is 2.90 bits per heavy atom. The van der Waals surface area contributed by atoms with Crippen LogP contribution in [0.3, 0.4) is 0 Å². The Morgan fingerprint density at radius 1 is 1.50 bits per heavy atom. The number of carbonyl (C=O) groups excluding carboxylic acids is 1. The van der Waals surface area contributed by atoms with E-state index in [0.29, 0.717) is 6.54 Å². The molecule has 1 saturated heterocycles. The monoisotopic (exact) mass is 276 g/mol. The van der Waals surface area contributed by atoms with Crippen LogP contribution in [-0.4, -0.2) is 30.5 Å². The van der Waals surface area contributed by atoms with Crippen molar-refractivity contribution in [3.63, 3.8) is 0 Å². The lowest BCUT2D eigenvalue weighted by Gasteiger charge is -2.21. The number of aromatic nitrogens is 1. The first kappa shape index (κ1) is 14.8. The Morgan fingerprint density at radius 2 is 2.25 bits per heavy atom. The number of carbonyl (C=O) groups is 1. The van der Waals surface area contributed by atoms with Gasteiger partial charge in [0.2, 0.25) is 5.91 Å². The van der Waals surface area contributed by atoms with Crippen LogP contribution in [0.1, 0.15) is 32.6 Å². The lowest BCUT2D eigenvalue weighted by Crippen LogP contribution is -2.30. The molecular weight excluding hydrogens is 252 g/mol. The SMILES string of the molecule is CCCC(CN)C(=O)Nc1cccnc1N1CCCC1. The van der Waals surface area contributed by atoms with Crippen LogP contribution in [0.5, 0.6) is 0 Å². The van der Waals surface area contributed by atoms with Crippen molar-refractivity contribution in [1.82, 2.24) is 4.98 Å². The van der Waals surface area contributed by atoms with Gasteiger partial charge < -0.3 is 16.0 Å². The smallest absolute Gasteiger partial charge is 0.228 e. The van der Waals surface area contributed by atoms with Gasteiger partial charge in [-0.15, -0.1) is 0 Å². The van der Waals surface area contributed by atoms with Gasteiger partial charge in [-0.25, -0.2) is 4.98 Å². The minimum Gasteiger partial charge on any atom is -0.355 e. The lowest BCUT2D eigenvalue weighted by molar-refractivity contribution is -0.119. The zero-order valence-corrected chi connectivity index (χ0v) is 12.1. The Balaban J connectivity index is 2.10. The molecular formula is C15H24N4O. The van der Waals surface area contributed by atoms with Gasteiger partial charge in [0, 0.05) is 25.8 Å². The Kier molecular flexibility index (Phi) is 5.35. The van der Waals surface area contributed by atoms with E-state index in [-0.39, 0.29) is 11.8 Å². The molecule has 20 heavy (non-hydrogen) atoms. The molecule has 5 heteroatoms. The van der Waals surface area contributed by atoms with Crippen molar-refractivity contribution in [2.24, 2.45) is 11.7 Å². The van der Waals surface area contributed by atoms with Gasteiger partial charge >= 0.3 is 0 Å². The Labute approximate surface area is 120 Å². The minimum absolute atomic E-state index is 0.00259. The third-order valence-electron chi connectivity index (χ3n) is 3.74. The first-order valence-corrected chi connectivity index (χ1v) is 7.47. The van der Waals surface area contributed by atoms with Crippen LogP contribution in [0.15, 0.2) is 18.3 Å². The van der Waals surface area contributed by atoms with Crippen LogP contribution in [0.4, 0.5) is 11.5 Å². The molecule has 1 amide bonds. The number of amides is 1. The van der Waals surface area contributed by atoms with Gasteiger partial charge in [-0.05, 0) is 31.4 Å². The highest BCUT2D eigenvalue weighted by atomic mass is 16.1. The molecule has 0 aliphatic carbocycles. The molecule has 1 aromatic rings. The summed E-state index contributed by atoms with van der Waals surface area (Å²) < 4.78 is 0. The fraction of sp³-hybridized carbons (Fsp3) is 0.600. The van der Waals surface area contributed by atoms with Gasteiger partial charge in [0.05, 0.1) is 11.6 Å². The Hall–Kier alpha value is -1.62. The maximum absolute atomic E-state index is 12.3. The zero-order chi connectivity index (χ0) is 14.4. The summed E-state index contributed by atoms with van der Waals surface area (Å²) in [6, 6.07) is 3.77. The van der Waals surface area contributed by atoms with Crippen molar-refractivity contribution in [1.29, 1.82) is 0 Å². The van der Waals surface area contributed by atoms with Crippen LogP contribution in [0.25, 0.3) is 0 Å². The van der Waals surface area contributed by atoms with Crippen molar-refractivity contribution in [2.75, 3.05) is 29.9 Å². The van der Waals surface area contributed by atoms with E-state index in [1.807, 2.05) is 12.1 Å². The van der Waals surface area contributed by atoms with Gasteiger partial charge in [0.25, 0.3) is 0 Å². The van der Waals surface area contributed by atoms with Crippen molar-refractivity contribution < 1.29 is 4.79 Å². The number of nitrogens with one attached hydrogen (secondary N) is 1. The molecule has 0 radical (unpaired) electrons. The molecule has 1 aliphatic rings. The van der Waals surface area contributed by atoms with Gasteiger partial charge in [-0.2, -0.15) is 0 Å². The lowest BCUT2D eigenvalue weighted by atomic mass is 10.0. The molecule has 1 aromatic heterocycles. The van der Waals surface area contributed by atoms with E-state index < -0.39 is 0 Å². The molecule has 1 aliphatic heterocycles. The van der Waals surface area contributed by atoms with Crippen LogP contribution in [0.2, 0.25) is 0 Å². The average Bonchev–Trinajstić information content (AvgIpc) is 2.99. The molecule has 3 N–H and O–H groups in total. The maximum Gasteiger partial charge on any atom is 0.228 e. The summed E-state index contributed by atoms with van der Waals surface area (Å²) in [5.74, 6) is 0.764. The quantitative estimate of drug-likeness (QED) is 0.833. The predicted molar refractivity (Wildman–Crippen MR) is 81.8 cm³/mol. The van der Waals surface area contributed by atoms with E-state index in [1.54, 1.807) is 6.20 Å². The van der Waals surface area contributed by atoms with Crippen LogP contribution >= 0.6 is 0 Å². The topological polar surface area (TPSA) is 71.2 Å². The fourth-order valence-corrected chi connectivity index (χ4v) is 2.61. The van der Waals surface area contributed by atoms with Crippen molar-refractivity contribution in [2.45, 2.75) is 32.6 Å². The molecule has 5 nitrogen and oxygen atoms in total. The molecule has 110 valence electrons. The average molecular weight is 276 g/mol. The second-order valence-corrected chi connectivity index (χ2v) is 5.28. The number of nitrogens with two attached hydrogens (primary N) is 1. The summed E-state index contributed by atoms with van der Waals surface area (Å²) in [7, 11) is 0. The molecule has 2 rings (SSSR count). The van der Waals surface area contributed by atoms with Crippen LogP contribution in [0, 0.1) is 5.92 Å². The molecule has 0 bridgehead atoms. The van der Waals surface area contributed by atoms with Crippen molar-refractivity contribution in [3.05, 3.63) is 18.3 Å². The zero-order valence-electron chi connectivity index (χ0n) is 12.1. The van der Waals surface area contributed by atoms with E-state index in [2.05, 4.69) is 22.1 Å². The van der Waals surface area contributed by atoms with Gasteiger partial charge in [-0.3, -0.25) is 4.79 Å². The second kappa shape index (κ2) is 7.24. The number of anilines is 2. The first-order chi connectivity index (χ1) is 9.76. The fourth-order valence-electron chi connectivity index (χ4n) is 2.61. The largest absolute Gasteiger partial charge is 0.355 e. The van der Waals surface area contributed by atoms with Gasteiger partial charge in [0.15, 0.2) is 5.82 Å². The third-order valence-corrected chi connectivity index (χ3v) is 3.74. The van der Waals surface area contributed by atoms with Crippen LogP contribution in [-0.2, 0) is 4.79 Å². The van der Waals surface area contributed by atoms with Gasteiger partial charge in [0.1, 0.15) is 0 Å². The van der Waals surface area contributed by atoms with E-state index >= 15 is 0 Å². The molecule has 0 spiro atoms. The summed E-state index contributed by atoms with van der Waals surface area (Å²) in [4.78, 5) is 18.9. The molecule has 0 saturated carbocycles. The summed E-state index contributed by atoms with van der Waals surface area (Å²) >= 11 is 0. The summed E-state index contributed by atoms with van der Waals surface area (Å²) in [6.07, 6.45) is 5.93. The van der Waals surface area contributed by atoms with E-state index in [1.165, 1.54) is 12.8 Å². The molecule has 0 aromatic carbocycles. The molecule has 1 fully saturated rings. The standard InChI is InChI=1S/C15H24N4O/c1-2-6-12(11-16)15(20)18-13-7-5-8-17-14(13)19-9-3-4-10-19/h5,7-8,12H,2-4,6,9-11,16H2,1H3,(H,18,20).